The lowest BCUT2D eigenvalue weighted by Crippen LogP contribution is -2.02. The van der Waals surface area contributed by atoms with Crippen LogP contribution in [0, 0.1) is 3.57 Å². The maximum atomic E-state index is 10.4. The van der Waals surface area contributed by atoms with Gasteiger partial charge in [-0.15, -0.1) is 0 Å². The fraction of sp³-hybridized carbons (Fsp3) is 0.125. The standard InChI is InChI=1S/C8H7INO/c9-7-3-1-2-6(4-7)5-8(10)11/h1-4,10H,5H2. The molecular formula is C8H7INO. The summed E-state index contributed by atoms with van der Waals surface area (Å²) in [7, 11) is 0. The summed E-state index contributed by atoms with van der Waals surface area (Å²) in [4.78, 5) is 10.4. The molecular weight excluding hydrogens is 253 g/mol. The Hall–Kier alpha value is -0.580. The van der Waals surface area contributed by atoms with Gasteiger partial charge in [-0.3, -0.25) is 10.5 Å². The van der Waals surface area contributed by atoms with E-state index in [1.54, 1.807) is 0 Å². The molecule has 11 heavy (non-hydrogen) atoms. The molecule has 0 aromatic heterocycles. The highest BCUT2D eigenvalue weighted by molar-refractivity contribution is 14.1. The SMILES string of the molecule is [NH]C(=O)Cc1cccc(I)c1. The Morgan fingerprint density at radius 1 is 1.55 bits per heavy atom. The van der Waals surface area contributed by atoms with Gasteiger partial charge >= 0.3 is 0 Å². The van der Waals surface area contributed by atoms with Crippen LogP contribution in [0.5, 0.6) is 0 Å². The van der Waals surface area contributed by atoms with E-state index in [9.17, 15) is 4.79 Å². The molecule has 0 atom stereocenters. The van der Waals surface area contributed by atoms with Crippen LogP contribution in [0.2, 0.25) is 0 Å². The van der Waals surface area contributed by atoms with E-state index in [1.807, 2.05) is 24.3 Å². The molecule has 1 aromatic rings. The van der Waals surface area contributed by atoms with Crippen LogP contribution in [0.25, 0.3) is 0 Å². The van der Waals surface area contributed by atoms with Gasteiger partial charge in [0.1, 0.15) is 0 Å². The fourth-order valence-corrected chi connectivity index (χ4v) is 1.44. The van der Waals surface area contributed by atoms with Crippen molar-refractivity contribution in [1.82, 2.24) is 5.73 Å². The summed E-state index contributed by atoms with van der Waals surface area (Å²) in [6, 6.07) is 7.61. The Balaban J connectivity index is 2.79. The molecule has 0 saturated carbocycles. The van der Waals surface area contributed by atoms with Crippen LogP contribution >= 0.6 is 22.6 Å². The molecule has 2 nitrogen and oxygen atoms in total. The lowest BCUT2D eigenvalue weighted by atomic mass is 10.1. The lowest BCUT2D eigenvalue weighted by Gasteiger charge is -1.96. The maximum absolute atomic E-state index is 10.4. The van der Waals surface area contributed by atoms with Gasteiger partial charge in [0.2, 0.25) is 5.91 Å². The van der Waals surface area contributed by atoms with Gasteiger partial charge in [-0.1, -0.05) is 12.1 Å². The number of hydrogen-bond acceptors (Lipinski definition) is 1. The molecule has 57 valence electrons. The number of amides is 1. The molecule has 0 spiro atoms. The van der Waals surface area contributed by atoms with Gasteiger partial charge in [0.15, 0.2) is 0 Å². The van der Waals surface area contributed by atoms with Gasteiger partial charge in [0, 0.05) is 3.57 Å². The Labute approximate surface area is 78.9 Å². The summed E-state index contributed by atoms with van der Waals surface area (Å²) in [6.45, 7) is 0. The summed E-state index contributed by atoms with van der Waals surface area (Å²) in [6.07, 6.45) is 0.219. The number of nitrogens with one attached hydrogen (secondary N) is 1. The minimum absolute atomic E-state index is 0.219. The third kappa shape index (κ3) is 2.88. The molecule has 1 N–H and O–H groups in total. The van der Waals surface area contributed by atoms with Crippen molar-refractivity contribution >= 4 is 28.5 Å². The van der Waals surface area contributed by atoms with E-state index < -0.39 is 5.91 Å². The quantitative estimate of drug-likeness (QED) is 0.745. The highest BCUT2D eigenvalue weighted by Gasteiger charge is 1.97. The Kier molecular flexibility index (Phi) is 2.87. The van der Waals surface area contributed by atoms with Crippen molar-refractivity contribution < 1.29 is 4.79 Å². The number of carbonyl (C=O) groups excluding carboxylic acids is 1. The number of hydrogen-bond donors (Lipinski definition) is 0. The van der Waals surface area contributed by atoms with Crippen LogP contribution in [-0.4, -0.2) is 5.91 Å². The van der Waals surface area contributed by atoms with E-state index >= 15 is 0 Å². The summed E-state index contributed by atoms with van der Waals surface area (Å²) in [5.74, 6) is -0.535. The Morgan fingerprint density at radius 2 is 2.27 bits per heavy atom. The summed E-state index contributed by atoms with van der Waals surface area (Å²) in [5.41, 5.74) is 7.66. The zero-order valence-corrected chi connectivity index (χ0v) is 7.96. The van der Waals surface area contributed by atoms with Gasteiger partial charge in [-0.25, -0.2) is 0 Å². The summed E-state index contributed by atoms with van der Waals surface area (Å²) >= 11 is 2.18. The second-order valence-electron chi connectivity index (χ2n) is 2.23. The van der Waals surface area contributed by atoms with Crippen molar-refractivity contribution in [2.75, 3.05) is 0 Å². The molecule has 1 rings (SSSR count). The number of rotatable bonds is 2. The van der Waals surface area contributed by atoms with Gasteiger partial charge in [0.25, 0.3) is 0 Å². The molecule has 0 saturated heterocycles. The van der Waals surface area contributed by atoms with Crippen LogP contribution < -0.4 is 5.73 Å². The summed E-state index contributed by atoms with van der Waals surface area (Å²) < 4.78 is 1.10. The van der Waals surface area contributed by atoms with E-state index in [4.69, 9.17) is 5.73 Å². The molecule has 0 aliphatic carbocycles. The second-order valence-corrected chi connectivity index (χ2v) is 3.48. The van der Waals surface area contributed by atoms with Gasteiger partial charge in [-0.05, 0) is 40.3 Å². The van der Waals surface area contributed by atoms with Crippen molar-refractivity contribution in [2.24, 2.45) is 0 Å². The first-order valence-electron chi connectivity index (χ1n) is 3.17. The predicted octanol–water partition coefficient (Wildman–Crippen LogP) is 1.64. The predicted molar refractivity (Wildman–Crippen MR) is 51.0 cm³/mol. The minimum atomic E-state index is -0.535. The topological polar surface area (TPSA) is 40.9 Å². The Bertz CT molecular complexity index is 273. The van der Waals surface area contributed by atoms with E-state index in [0.717, 1.165) is 9.13 Å². The normalized spacial score (nSPS) is 9.55. The first-order chi connectivity index (χ1) is 5.18. The first-order valence-corrected chi connectivity index (χ1v) is 4.25. The monoisotopic (exact) mass is 260 g/mol. The highest BCUT2D eigenvalue weighted by Crippen LogP contribution is 2.07. The van der Waals surface area contributed by atoms with Crippen molar-refractivity contribution in [3.8, 4) is 0 Å². The number of benzene rings is 1. The molecule has 0 bridgehead atoms. The average molecular weight is 260 g/mol. The largest absolute Gasteiger partial charge is 0.273 e. The molecule has 0 aliphatic rings. The maximum Gasteiger partial charge on any atom is 0.242 e. The highest BCUT2D eigenvalue weighted by atomic mass is 127. The lowest BCUT2D eigenvalue weighted by molar-refractivity contribution is -0.118. The minimum Gasteiger partial charge on any atom is -0.273 e. The molecule has 0 fully saturated rings. The zero-order valence-electron chi connectivity index (χ0n) is 5.80. The van der Waals surface area contributed by atoms with E-state index in [1.165, 1.54) is 0 Å². The van der Waals surface area contributed by atoms with E-state index in [2.05, 4.69) is 22.6 Å². The van der Waals surface area contributed by atoms with Gasteiger partial charge in [0.05, 0.1) is 6.42 Å². The van der Waals surface area contributed by atoms with Crippen LogP contribution in [0.15, 0.2) is 24.3 Å². The smallest absolute Gasteiger partial charge is 0.242 e. The second kappa shape index (κ2) is 3.71. The van der Waals surface area contributed by atoms with Gasteiger partial charge < -0.3 is 0 Å². The number of halogens is 1. The van der Waals surface area contributed by atoms with Crippen molar-refractivity contribution in [1.29, 1.82) is 0 Å². The molecule has 0 heterocycles. The molecule has 1 aromatic carbocycles. The molecule has 0 unspecified atom stereocenters. The third-order valence-electron chi connectivity index (χ3n) is 1.25. The van der Waals surface area contributed by atoms with Crippen LogP contribution in [-0.2, 0) is 11.2 Å². The van der Waals surface area contributed by atoms with Crippen LogP contribution in [0.4, 0.5) is 0 Å². The average Bonchev–Trinajstić information content (AvgIpc) is 1.85. The zero-order chi connectivity index (χ0) is 8.27. The number of carbonyl (C=O) groups is 1. The van der Waals surface area contributed by atoms with Crippen LogP contribution in [0.1, 0.15) is 5.56 Å². The van der Waals surface area contributed by atoms with Gasteiger partial charge in [-0.2, -0.15) is 0 Å². The van der Waals surface area contributed by atoms with Crippen molar-refractivity contribution in [2.45, 2.75) is 6.42 Å². The van der Waals surface area contributed by atoms with Crippen molar-refractivity contribution in [3.05, 3.63) is 33.4 Å². The fourth-order valence-electron chi connectivity index (χ4n) is 0.832. The Morgan fingerprint density at radius 3 is 2.82 bits per heavy atom. The summed E-state index contributed by atoms with van der Waals surface area (Å²) in [5, 5.41) is 0. The van der Waals surface area contributed by atoms with E-state index in [0.29, 0.717) is 0 Å². The molecule has 0 aliphatic heterocycles. The van der Waals surface area contributed by atoms with E-state index in [-0.39, 0.29) is 6.42 Å². The van der Waals surface area contributed by atoms with Crippen LogP contribution in [0.3, 0.4) is 0 Å². The molecule has 3 heteroatoms. The van der Waals surface area contributed by atoms with Crippen molar-refractivity contribution in [3.63, 3.8) is 0 Å². The first kappa shape index (κ1) is 8.52. The third-order valence-corrected chi connectivity index (χ3v) is 1.92. The molecule has 1 radical (unpaired) electrons. The molecule has 1 amide bonds.